The molecule has 2 fully saturated rings. The van der Waals surface area contributed by atoms with Crippen LogP contribution in [0.15, 0.2) is 24.3 Å². The van der Waals surface area contributed by atoms with Gasteiger partial charge in [0.1, 0.15) is 5.82 Å². The number of hydrogen-bond donors (Lipinski definition) is 2. The molecule has 0 aliphatic heterocycles. The van der Waals surface area contributed by atoms with Crippen LogP contribution in [-0.4, -0.2) is 18.0 Å². The van der Waals surface area contributed by atoms with Crippen molar-refractivity contribution in [2.75, 3.05) is 0 Å². The van der Waals surface area contributed by atoms with Crippen LogP contribution in [0.25, 0.3) is 0 Å². The van der Waals surface area contributed by atoms with Gasteiger partial charge in [0.05, 0.1) is 0 Å². The lowest BCUT2D eigenvalue weighted by Crippen LogP contribution is -2.47. The van der Waals surface area contributed by atoms with Crippen molar-refractivity contribution in [3.63, 3.8) is 0 Å². The van der Waals surface area contributed by atoms with Crippen molar-refractivity contribution in [1.82, 2.24) is 5.32 Å². The fraction of sp³-hybridized carbons (Fsp3) is 0.588. The maximum absolute atomic E-state index is 12.9. The average molecular weight is 290 g/mol. The second kappa shape index (κ2) is 6.14. The minimum Gasteiger partial charge on any atom is -0.369 e. The van der Waals surface area contributed by atoms with Crippen LogP contribution in [0.4, 0.5) is 4.39 Å². The molecule has 1 aromatic rings. The third-order valence-electron chi connectivity index (χ3n) is 5.08. The lowest BCUT2D eigenvalue weighted by atomic mass is 9.75. The zero-order chi connectivity index (χ0) is 14.8. The Balaban J connectivity index is 1.41. The fourth-order valence-electron chi connectivity index (χ4n) is 3.64. The number of halogens is 1. The van der Waals surface area contributed by atoms with E-state index in [1.807, 2.05) is 12.1 Å². The molecule has 1 amide bonds. The van der Waals surface area contributed by atoms with Gasteiger partial charge in [-0.3, -0.25) is 4.79 Å². The summed E-state index contributed by atoms with van der Waals surface area (Å²) >= 11 is 0. The SMILES string of the molecule is NC(=O)C1CCC(NC2CC(c3ccc(F)cc3)C2)CC1. The highest BCUT2D eigenvalue weighted by molar-refractivity contribution is 5.76. The molecule has 0 atom stereocenters. The largest absolute Gasteiger partial charge is 0.369 e. The molecule has 2 saturated carbocycles. The Hall–Kier alpha value is -1.42. The number of rotatable bonds is 4. The molecule has 0 bridgehead atoms. The third kappa shape index (κ3) is 3.43. The van der Waals surface area contributed by atoms with Gasteiger partial charge < -0.3 is 11.1 Å². The lowest BCUT2D eigenvalue weighted by molar-refractivity contribution is -0.122. The summed E-state index contributed by atoms with van der Waals surface area (Å²) < 4.78 is 12.9. The molecule has 0 unspecified atom stereocenters. The van der Waals surface area contributed by atoms with Gasteiger partial charge in [-0.2, -0.15) is 0 Å². The number of nitrogens with two attached hydrogens (primary N) is 1. The molecule has 2 aliphatic rings. The van der Waals surface area contributed by atoms with Crippen molar-refractivity contribution in [3.8, 4) is 0 Å². The summed E-state index contributed by atoms with van der Waals surface area (Å²) in [6.07, 6.45) is 6.18. The van der Waals surface area contributed by atoms with Crippen molar-refractivity contribution >= 4 is 5.91 Å². The van der Waals surface area contributed by atoms with Crippen LogP contribution in [0, 0.1) is 11.7 Å². The molecule has 0 heterocycles. The predicted octanol–water partition coefficient (Wildman–Crippen LogP) is 2.71. The van der Waals surface area contributed by atoms with Gasteiger partial charge in [-0.1, -0.05) is 12.1 Å². The first-order chi connectivity index (χ1) is 10.1. The number of primary amides is 1. The molecular formula is C17H23FN2O. The van der Waals surface area contributed by atoms with E-state index < -0.39 is 0 Å². The maximum Gasteiger partial charge on any atom is 0.220 e. The van der Waals surface area contributed by atoms with Crippen LogP contribution < -0.4 is 11.1 Å². The summed E-state index contributed by atoms with van der Waals surface area (Å²) in [5.74, 6) is 0.328. The van der Waals surface area contributed by atoms with Crippen LogP contribution in [0.3, 0.4) is 0 Å². The van der Waals surface area contributed by atoms with E-state index in [1.54, 1.807) is 12.1 Å². The van der Waals surface area contributed by atoms with Crippen molar-refractivity contribution < 1.29 is 9.18 Å². The van der Waals surface area contributed by atoms with Gasteiger partial charge in [0.25, 0.3) is 0 Å². The normalized spacial score (nSPS) is 32.4. The first-order valence-electron chi connectivity index (χ1n) is 7.92. The molecule has 21 heavy (non-hydrogen) atoms. The van der Waals surface area contributed by atoms with Crippen LogP contribution >= 0.6 is 0 Å². The van der Waals surface area contributed by atoms with E-state index in [4.69, 9.17) is 5.73 Å². The summed E-state index contributed by atoms with van der Waals surface area (Å²) in [6.45, 7) is 0. The topological polar surface area (TPSA) is 55.1 Å². The van der Waals surface area contributed by atoms with Gasteiger partial charge in [0.2, 0.25) is 5.91 Å². The zero-order valence-corrected chi connectivity index (χ0v) is 12.2. The predicted molar refractivity (Wildman–Crippen MR) is 80.2 cm³/mol. The van der Waals surface area contributed by atoms with E-state index in [0.717, 1.165) is 38.5 Å². The first-order valence-corrected chi connectivity index (χ1v) is 7.92. The Kier molecular flexibility index (Phi) is 4.24. The number of benzene rings is 1. The monoisotopic (exact) mass is 290 g/mol. The second-order valence-corrected chi connectivity index (χ2v) is 6.53. The van der Waals surface area contributed by atoms with E-state index in [9.17, 15) is 9.18 Å². The Labute approximate surface area is 125 Å². The molecule has 1 aromatic carbocycles. The molecule has 4 heteroatoms. The third-order valence-corrected chi connectivity index (χ3v) is 5.08. The number of carbonyl (C=O) groups is 1. The van der Waals surface area contributed by atoms with E-state index in [-0.39, 0.29) is 17.6 Å². The molecule has 3 N–H and O–H groups in total. The number of carbonyl (C=O) groups excluding carboxylic acids is 1. The first kappa shape index (κ1) is 14.5. The van der Waals surface area contributed by atoms with Gasteiger partial charge in [-0.25, -0.2) is 4.39 Å². The highest BCUT2D eigenvalue weighted by atomic mass is 19.1. The molecule has 0 aromatic heterocycles. The molecule has 3 rings (SSSR count). The summed E-state index contributed by atoms with van der Waals surface area (Å²) in [5.41, 5.74) is 6.60. The quantitative estimate of drug-likeness (QED) is 0.896. The summed E-state index contributed by atoms with van der Waals surface area (Å²) in [6, 6.07) is 7.97. The number of hydrogen-bond acceptors (Lipinski definition) is 2. The molecule has 114 valence electrons. The van der Waals surface area contributed by atoms with E-state index >= 15 is 0 Å². The number of amides is 1. The van der Waals surface area contributed by atoms with Crippen LogP contribution in [-0.2, 0) is 4.79 Å². The van der Waals surface area contributed by atoms with Gasteiger partial charge in [0, 0.05) is 18.0 Å². The zero-order valence-electron chi connectivity index (χ0n) is 12.2. The van der Waals surface area contributed by atoms with Crippen molar-refractivity contribution in [2.24, 2.45) is 11.7 Å². The molecular weight excluding hydrogens is 267 g/mol. The summed E-state index contributed by atoms with van der Waals surface area (Å²) in [5, 5.41) is 3.70. The van der Waals surface area contributed by atoms with Gasteiger partial charge in [0.15, 0.2) is 0 Å². The molecule has 0 spiro atoms. The smallest absolute Gasteiger partial charge is 0.220 e. The highest BCUT2D eigenvalue weighted by Gasteiger charge is 2.33. The van der Waals surface area contributed by atoms with E-state index in [0.29, 0.717) is 18.0 Å². The molecule has 3 nitrogen and oxygen atoms in total. The number of nitrogens with one attached hydrogen (secondary N) is 1. The van der Waals surface area contributed by atoms with Crippen molar-refractivity contribution in [1.29, 1.82) is 0 Å². The standard InChI is InChI=1S/C17H23FN2O/c18-14-5-1-11(2-6-14)13-9-16(10-13)20-15-7-3-12(4-8-15)17(19)21/h1-2,5-6,12-13,15-16,20H,3-4,7-10H2,(H2,19,21). The van der Waals surface area contributed by atoms with Crippen molar-refractivity contribution in [2.45, 2.75) is 56.5 Å². The van der Waals surface area contributed by atoms with Gasteiger partial charge in [-0.15, -0.1) is 0 Å². The fourth-order valence-corrected chi connectivity index (χ4v) is 3.64. The van der Waals surface area contributed by atoms with Crippen LogP contribution in [0.2, 0.25) is 0 Å². The summed E-state index contributed by atoms with van der Waals surface area (Å²) in [7, 11) is 0. The minimum atomic E-state index is -0.168. The Morgan fingerprint density at radius 1 is 1.05 bits per heavy atom. The Bertz CT molecular complexity index is 488. The van der Waals surface area contributed by atoms with Crippen molar-refractivity contribution in [3.05, 3.63) is 35.6 Å². The molecule has 0 saturated heterocycles. The average Bonchev–Trinajstić information content (AvgIpc) is 2.44. The van der Waals surface area contributed by atoms with Crippen LogP contribution in [0.5, 0.6) is 0 Å². The Morgan fingerprint density at radius 2 is 1.67 bits per heavy atom. The van der Waals surface area contributed by atoms with E-state index in [2.05, 4.69) is 5.32 Å². The Morgan fingerprint density at radius 3 is 2.24 bits per heavy atom. The van der Waals surface area contributed by atoms with Gasteiger partial charge >= 0.3 is 0 Å². The molecule has 0 radical (unpaired) electrons. The highest BCUT2D eigenvalue weighted by Crippen LogP contribution is 2.38. The van der Waals surface area contributed by atoms with E-state index in [1.165, 1.54) is 5.56 Å². The van der Waals surface area contributed by atoms with Gasteiger partial charge in [-0.05, 0) is 62.1 Å². The lowest BCUT2D eigenvalue weighted by Gasteiger charge is -2.40. The minimum absolute atomic E-state index is 0.0800. The molecule has 2 aliphatic carbocycles. The summed E-state index contributed by atoms with van der Waals surface area (Å²) in [4.78, 5) is 11.1. The van der Waals surface area contributed by atoms with Crippen LogP contribution in [0.1, 0.15) is 50.0 Å². The maximum atomic E-state index is 12.9. The second-order valence-electron chi connectivity index (χ2n) is 6.53.